The molecule has 2 aromatic rings. The molecule has 0 spiro atoms. The first-order valence-electron chi connectivity index (χ1n) is 6.06. The molecule has 0 aliphatic heterocycles. The molecule has 1 heterocycles. The molecule has 0 atom stereocenters. The summed E-state index contributed by atoms with van der Waals surface area (Å²) in [7, 11) is 1.37. The van der Waals surface area contributed by atoms with Crippen LogP contribution in [-0.4, -0.2) is 22.9 Å². The smallest absolute Gasteiger partial charge is 0.263 e. The van der Waals surface area contributed by atoms with Crippen LogP contribution in [0.2, 0.25) is 0 Å². The highest BCUT2D eigenvalue weighted by atomic mass is 19.2. The lowest BCUT2D eigenvalue weighted by Crippen LogP contribution is -2.27. The van der Waals surface area contributed by atoms with Gasteiger partial charge in [-0.2, -0.15) is 0 Å². The molecule has 2 N–H and O–H groups in total. The van der Waals surface area contributed by atoms with Crippen molar-refractivity contribution >= 4 is 18.1 Å². The summed E-state index contributed by atoms with van der Waals surface area (Å²) in [5, 5.41) is 2.28. The lowest BCUT2D eigenvalue weighted by Gasteiger charge is -2.00. The molecule has 0 fully saturated rings. The van der Waals surface area contributed by atoms with Crippen molar-refractivity contribution in [2.24, 2.45) is 0 Å². The summed E-state index contributed by atoms with van der Waals surface area (Å²) < 4.78 is 38.9. The number of nitrogens with one attached hydrogen (secondary N) is 2. The molecule has 0 radical (unpaired) electrons. The Hall–Kier alpha value is -2.90. The summed E-state index contributed by atoms with van der Waals surface area (Å²) in [4.78, 5) is 29.1. The van der Waals surface area contributed by atoms with E-state index in [9.17, 15) is 22.8 Å². The maximum atomic E-state index is 13.0. The lowest BCUT2D eigenvalue weighted by atomic mass is 10.2. The van der Waals surface area contributed by atoms with Crippen LogP contribution in [0.15, 0.2) is 23.1 Å². The molecule has 1 amide bonds. The Morgan fingerprint density at radius 3 is 2.41 bits per heavy atom. The number of nitrogens with zero attached hydrogens (tertiary/aromatic N) is 1. The van der Waals surface area contributed by atoms with E-state index in [1.165, 1.54) is 19.2 Å². The van der Waals surface area contributed by atoms with Gasteiger partial charge in [0.2, 0.25) is 0 Å². The minimum atomic E-state index is -1.56. The summed E-state index contributed by atoms with van der Waals surface area (Å²) in [5.74, 6) is -4.72. The fourth-order valence-corrected chi connectivity index (χ4v) is 1.64. The largest absolute Gasteiger partial charge is 0.355 e. The lowest BCUT2D eigenvalue weighted by molar-refractivity contribution is 0.0961. The first-order valence-corrected chi connectivity index (χ1v) is 6.06. The van der Waals surface area contributed by atoms with Crippen molar-refractivity contribution < 1.29 is 18.0 Å². The Morgan fingerprint density at radius 2 is 1.86 bits per heavy atom. The van der Waals surface area contributed by atoms with Gasteiger partial charge in [0, 0.05) is 13.2 Å². The van der Waals surface area contributed by atoms with Gasteiger partial charge in [0.05, 0.1) is 0 Å². The quantitative estimate of drug-likeness (QED) is 0.848. The third-order valence-electron chi connectivity index (χ3n) is 2.73. The summed E-state index contributed by atoms with van der Waals surface area (Å²) in [6, 6.07) is 1.60. The second kappa shape index (κ2) is 6.25. The van der Waals surface area contributed by atoms with E-state index in [2.05, 4.69) is 15.3 Å². The van der Waals surface area contributed by atoms with Gasteiger partial charge in [0.1, 0.15) is 11.4 Å². The van der Waals surface area contributed by atoms with E-state index in [4.69, 9.17) is 0 Å². The number of hydrogen-bond acceptors (Lipinski definition) is 3. The Kier molecular flexibility index (Phi) is 4.40. The molecule has 1 aromatic carbocycles. The number of aromatic amines is 1. The van der Waals surface area contributed by atoms with E-state index < -0.39 is 28.9 Å². The van der Waals surface area contributed by atoms with Crippen LogP contribution >= 0.6 is 0 Å². The molecular formula is C14H10F3N3O2. The van der Waals surface area contributed by atoms with E-state index in [-0.39, 0.29) is 17.0 Å². The number of halogens is 3. The van der Waals surface area contributed by atoms with Gasteiger partial charge in [-0.05, 0) is 23.8 Å². The predicted molar refractivity (Wildman–Crippen MR) is 73.5 cm³/mol. The van der Waals surface area contributed by atoms with Crippen molar-refractivity contribution in [3.8, 4) is 0 Å². The van der Waals surface area contributed by atoms with Gasteiger partial charge in [0.25, 0.3) is 11.5 Å². The maximum Gasteiger partial charge on any atom is 0.263 e. The molecule has 0 saturated carbocycles. The third kappa shape index (κ3) is 3.22. The van der Waals surface area contributed by atoms with Crippen molar-refractivity contribution in [3.05, 3.63) is 63.1 Å². The van der Waals surface area contributed by atoms with Crippen LogP contribution in [-0.2, 0) is 0 Å². The topological polar surface area (TPSA) is 74.8 Å². The van der Waals surface area contributed by atoms with Crippen LogP contribution in [0, 0.1) is 17.5 Å². The molecular weight excluding hydrogens is 299 g/mol. The molecule has 8 heteroatoms. The van der Waals surface area contributed by atoms with E-state index in [0.29, 0.717) is 0 Å². The average Bonchev–Trinajstić information content (AvgIpc) is 2.49. The van der Waals surface area contributed by atoms with Crippen LogP contribution < -0.4 is 10.9 Å². The molecule has 2 rings (SSSR count). The standard InChI is InChI=1S/C14H10F3N3O2/c1-18-13(21)8-6-19-11(20-14(8)22)3-2-7-4-9(15)12(17)10(16)5-7/h2-6H,1H3,(H,18,21)(H,19,20,22)/b3-2-. The van der Waals surface area contributed by atoms with Crippen LogP contribution in [0.5, 0.6) is 0 Å². The zero-order chi connectivity index (χ0) is 16.3. The predicted octanol–water partition coefficient (Wildman–Crippen LogP) is 1.72. The van der Waals surface area contributed by atoms with Crippen LogP contribution in [0.1, 0.15) is 21.7 Å². The van der Waals surface area contributed by atoms with Gasteiger partial charge in [0.15, 0.2) is 17.5 Å². The van der Waals surface area contributed by atoms with E-state index >= 15 is 0 Å². The van der Waals surface area contributed by atoms with Crippen molar-refractivity contribution in [2.45, 2.75) is 0 Å². The number of benzene rings is 1. The van der Waals surface area contributed by atoms with Gasteiger partial charge >= 0.3 is 0 Å². The fourth-order valence-electron chi connectivity index (χ4n) is 1.64. The summed E-state index contributed by atoms with van der Waals surface area (Å²) in [5.41, 5.74) is -0.779. The van der Waals surface area contributed by atoms with Crippen molar-refractivity contribution in [1.29, 1.82) is 0 Å². The SMILES string of the molecule is CNC(=O)c1cnc(/C=C\c2cc(F)c(F)c(F)c2)[nH]c1=O. The highest BCUT2D eigenvalue weighted by Gasteiger charge is 2.10. The molecule has 1 aromatic heterocycles. The molecule has 0 unspecified atom stereocenters. The van der Waals surface area contributed by atoms with E-state index in [1.54, 1.807) is 0 Å². The second-order valence-corrected chi connectivity index (χ2v) is 4.22. The van der Waals surface area contributed by atoms with Crippen LogP contribution in [0.3, 0.4) is 0 Å². The maximum absolute atomic E-state index is 13.0. The molecule has 0 saturated heterocycles. The number of carbonyl (C=O) groups is 1. The van der Waals surface area contributed by atoms with Crippen molar-refractivity contribution in [2.75, 3.05) is 7.05 Å². The number of carbonyl (C=O) groups excluding carboxylic acids is 1. The molecule has 22 heavy (non-hydrogen) atoms. The Balaban J connectivity index is 2.29. The molecule has 0 aliphatic rings. The average molecular weight is 309 g/mol. The Labute approximate surface area is 122 Å². The highest BCUT2D eigenvalue weighted by Crippen LogP contribution is 2.15. The first-order chi connectivity index (χ1) is 10.4. The van der Waals surface area contributed by atoms with Gasteiger partial charge in [-0.15, -0.1) is 0 Å². The third-order valence-corrected chi connectivity index (χ3v) is 2.73. The Bertz CT molecular complexity index is 792. The summed E-state index contributed by atoms with van der Waals surface area (Å²) >= 11 is 0. The number of H-pyrrole nitrogens is 1. The van der Waals surface area contributed by atoms with Gasteiger partial charge in [-0.25, -0.2) is 18.2 Å². The normalized spacial score (nSPS) is 10.9. The van der Waals surface area contributed by atoms with Crippen molar-refractivity contribution in [1.82, 2.24) is 15.3 Å². The summed E-state index contributed by atoms with van der Waals surface area (Å²) in [6.07, 6.45) is 3.58. The zero-order valence-electron chi connectivity index (χ0n) is 11.3. The zero-order valence-corrected chi connectivity index (χ0v) is 11.3. The van der Waals surface area contributed by atoms with E-state index in [1.807, 2.05) is 0 Å². The van der Waals surface area contributed by atoms with Crippen LogP contribution in [0.25, 0.3) is 12.2 Å². The number of rotatable bonds is 3. The van der Waals surface area contributed by atoms with Gasteiger partial charge < -0.3 is 10.3 Å². The fraction of sp³-hybridized carbons (Fsp3) is 0.0714. The van der Waals surface area contributed by atoms with E-state index in [0.717, 1.165) is 18.3 Å². The Morgan fingerprint density at radius 1 is 1.23 bits per heavy atom. The molecule has 0 bridgehead atoms. The van der Waals surface area contributed by atoms with Crippen LogP contribution in [0.4, 0.5) is 13.2 Å². The van der Waals surface area contributed by atoms with Gasteiger partial charge in [-0.1, -0.05) is 6.08 Å². The summed E-state index contributed by atoms with van der Waals surface area (Å²) in [6.45, 7) is 0. The second-order valence-electron chi connectivity index (χ2n) is 4.22. The molecule has 114 valence electrons. The molecule has 0 aliphatic carbocycles. The molecule has 5 nitrogen and oxygen atoms in total. The highest BCUT2D eigenvalue weighted by molar-refractivity contribution is 5.93. The number of hydrogen-bond donors (Lipinski definition) is 2. The van der Waals surface area contributed by atoms with Crippen molar-refractivity contribution in [3.63, 3.8) is 0 Å². The minimum Gasteiger partial charge on any atom is -0.355 e. The number of aromatic nitrogens is 2. The van der Waals surface area contributed by atoms with Gasteiger partial charge in [-0.3, -0.25) is 9.59 Å². The minimum absolute atomic E-state index is 0.0504. The first kappa shape index (κ1) is 15.5. The number of amides is 1. The monoisotopic (exact) mass is 309 g/mol.